The third kappa shape index (κ3) is 2.62. The monoisotopic (exact) mass is 297 g/mol. The number of rotatable bonds is 2. The summed E-state index contributed by atoms with van der Waals surface area (Å²) in [5.74, 6) is 0.122. The molecular weight excluding hydrogens is 282 g/mol. The SMILES string of the molecule is Cc1cc(NC(=O)c2cc3ccccc3s2)c(C)cc1O. The largest absolute Gasteiger partial charge is 0.508 e. The highest BCUT2D eigenvalue weighted by molar-refractivity contribution is 7.20. The number of hydrogen-bond acceptors (Lipinski definition) is 3. The van der Waals surface area contributed by atoms with Crippen molar-refractivity contribution in [3.05, 3.63) is 58.5 Å². The van der Waals surface area contributed by atoms with Gasteiger partial charge < -0.3 is 10.4 Å². The van der Waals surface area contributed by atoms with Gasteiger partial charge in [0, 0.05) is 10.4 Å². The Labute approximate surface area is 126 Å². The molecule has 106 valence electrons. The second-order valence-electron chi connectivity index (χ2n) is 5.06. The van der Waals surface area contributed by atoms with E-state index in [2.05, 4.69) is 5.32 Å². The molecule has 0 aliphatic heterocycles. The Morgan fingerprint density at radius 3 is 2.62 bits per heavy atom. The van der Waals surface area contributed by atoms with Crippen molar-refractivity contribution >= 4 is 33.0 Å². The molecule has 1 heterocycles. The van der Waals surface area contributed by atoms with Gasteiger partial charge in [-0.2, -0.15) is 0 Å². The van der Waals surface area contributed by atoms with Crippen molar-refractivity contribution in [2.24, 2.45) is 0 Å². The lowest BCUT2D eigenvalue weighted by atomic mass is 10.1. The molecule has 0 aliphatic carbocycles. The summed E-state index contributed by atoms with van der Waals surface area (Å²) >= 11 is 1.48. The first-order valence-corrected chi connectivity index (χ1v) is 7.46. The van der Waals surface area contributed by atoms with Crippen LogP contribution in [0.15, 0.2) is 42.5 Å². The van der Waals surface area contributed by atoms with Crippen LogP contribution in [0.5, 0.6) is 5.75 Å². The van der Waals surface area contributed by atoms with E-state index in [4.69, 9.17) is 0 Å². The summed E-state index contributed by atoms with van der Waals surface area (Å²) in [5.41, 5.74) is 2.31. The lowest BCUT2D eigenvalue weighted by Crippen LogP contribution is -2.11. The molecule has 3 rings (SSSR count). The summed E-state index contributed by atoms with van der Waals surface area (Å²) in [6, 6.07) is 13.3. The predicted octanol–water partition coefficient (Wildman–Crippen LogP) is 4.48. The number of benzene rings is 2. The minimum absolute atomic E-state index is 0.121. The fraction of sp³-hybridized carbons (Fsp3) is 0.118. The summed E-state index contributed by atoms with van der Waals surface area (Å²) in [6.07, 6.45) is 0. The van der Waals surface area contributed by atoms with Crippen LogP contribution in [0.4, 0.5) is 5.69 Å². The van der Waals surface area contributed by atoms with E-state index in [-0.39, 0.29) is 11.7 Å². The second kappa shape index (κ2) is 5.22. The number of anilines is 1. The Hall–Kier alpha value is -2.33. The van der Waals surface area contributed by atoms with Crippen molar-refractivity contribution in [3.8, 4) is 5.75 Å². The summed E-state index contributed by atoms with van der Waals surface area (Å²) < 4.78 is 1.10. The van der Waals surface area contributed by atoms with Crippen LogP contribution < -0.4 is 5.32 Å². The van der Waals surface area contributed by atoms with Gasteiger partial charge in [0.05, 0.1) is 4.88 Å². The minimum atomic E-state index is -0.121. The molecule has 4 heteroatoms. The normalized spacial score (nSPS) is 10.8. The predicted molar refractivity (Wildman–Crippen MR) is 87.4 cm³/mol. The van der Waals surface area contributed by atoms with Crippen molar-refractivity contribution in [1.82, 2.24) is 0 Å². The Morgan fingerprint density at radius 2 is 1.86 bits per heavy atom. The first-order chi connectivity index (χ1) is 10.0. The number of carbonyl (C=O) groups is 1. The van der Waals surface area contributed by atoms with Crippen molar-refractivity contribution in [2.75, 3.05) is 5.32 Å². The van der Waals surface area contributed by atoms with E-state index in [1.165, 1.54) is 11.3 Å². The van der Waals surface area contributed by atoms with Crippen LogP contribution in [0.3, 0.4) is 0 Å². The van der Waals surface area contributed by atoms with Crippen molar-refractivity contribution in [1.29, 1.82) is 0 Å². The number of hydrogen-bond donors (Lipinski definition) is 2. The fourth-order valence-corrected chi connectivity index (χ4v) is 3.17. The lowest BCUT2D eigenvalue weighted by Gasteiger charge is -2.09. The van der Waals surface area contributed by atoms with Crippen LogP contribution >= 0.6 is 11.3 Å². The van der Waals surface area contributed by atoms with Crippen LogP contribution in [-0.2, 0) is 0 Å². The van der Waals surface area contributed by atoms with E-state index in [0.29, 0.717) is 4.88 Å². The van der Waals surface area contributed by atoms with Crippen LogP contribution in [0, 0.1) is 13.8 Å². The molecule has 0 unspecified atom stereocenters. The zero-order valence-corrected chi connectivity index (χ0v) is 12.6. The van der Waals surface area contributed by atoms with Gasteiger partial charge in [-0.25, -0.2) is 0 Å². The Morgan fingerprint density at radius 1 is 1.10 bits per heavy atom. The van der Waals surface area contributed by atoms with E-state index < -0.39 is 0 Å². The van der Waals surface area contributed by atoms with Gasteiger partial charge in [-0.15, -0.1) is 11.3 Å². The Kier molecular flexibility index (Phi) is 3.39. The van der Waals surface area contributed by atoms with Gasteiger partial charge in [0.15, 0.2) is 0 Å². The maximum absolute atomic E-state index is 12.4. The van der Waals surface area contributed by atoms with Gasteiger partial charge in [-0.05, 0) is 54.6 Å². The molecule has 21 heavy (non-hydrogen) atoms. The van der Waals surface area contributed by atoms with Gasteiger partial charge >= 0.3 is 0 Å². The molecule has 0 radical (unpaired) electrons. The van der Waals surface area contributed by atoms with Gasteiger partial charge in [0.2, 0.25) is 0 Å². The number of fused-ring (bicyclic) bond motifs is 1. The Balaban J connectivity index is 1.91. The first-order valence-electron chi connectivity index (χ1n) is 6.65. The molecule has 0 spiro atoms. The highest BCUT2D eigenvalue weighted by Gasteiger charge is 2.12. The third-order valence-electron chi connectivity index (χ3n) is 3.44. The fourth-order valence-electron chi connectivity index (χ4n) is 2.21. The number of nitrogens with one attached hydrogen (secondary N) is 1. The number of thiophene rings is 1. The van der Waals surface area contributed by atoms with E-state index in [1.54, 1.807) is 12.1 Å². The van der Waals surface area contributed by atoms with Crippen LogP contribution in [0.2, 0.25) is 0 Å². The zero-order chi connectivity index (χ0) is 15.0. The van der Waals surface area contributed by atoms with Crippen molar-refractivity contribution < 1.29 is 9.90 Å². The standard InChI is InChI=1S/C17H15NO2S/c1-10-8-14(19)11(2)7-13(10)18-17(20)16-9-12-5-3-4-6-15(12)21-16/h3-9,19H,1-2H3,(H,18,20). The van der Waals surface area contributed by atoms with Crippen LogP contribution in [0.1, 0.15) is 20.8 Å². The molecule has 3 nitrogen and oxygen atoms in total. The average molecular weight is 297 g/mol. The molecule has 2 aromatic carbocycles. The second-order valence-corrected chi connectivity index (χ2v) is 6.14. The minimum Gasteiger partial charge on any atom is -0.508 e. The van der Waals surface area contributed by atoms with Crippen molar-refractivity contribution in [2.45, 2.75) is 13.8 Å². The quantitative estimate of drug-likeness (QED) is 0.685. The number of amides is 1. The number of phenols is 1. The first kappa shape index (κ1) is 13.6. The maximum Gasteiger partial charge on any atom is 0.265 e. The molecule has 1 amide bonds. The van der Waals surface area contributed by atoms with Gasteiger partial charge in [-0.3, -0.25) is 4.79 Å². The Bertz CT molecular complexity index is 803. The summed E-state index contributed by atoms with van der Waals surface area (Å²) in [4.78, 5) is 13.1. The molecule has 0 aliphatic rings. The highest BCUT2D eigenvalue weighted by Crippen LogP contribution is 2.28. The topological polar surface area (TPSA) is 49.3 Å². The molecule has 3 aromatic rings. The summed E-state index contributed by atoms with van der Waals surface area (Å²) in [5, 5.41) is 13.7. The van der Waals surface area contributed by atoms with Gasteiger partial charge in [0.25, 0.3) is 5.91 Å². The van der Waals surface area contributed by atoms with Gasteiger partial charge in [-0.1, -0.05) is 18.2 Å². The zero-order valence-electron chi connectivity index (χ0n) is 11.8. The summed E-state index contributed by atoms with van der Waals surface area (Å²) in [7, 11) is 0. The number of aromatic hydroxyl groups is 1. The molecular formula is C17H15NO2S. The number of carbonyl (C=O) groups excluding carboxylic acids is 1. The van der Waals surface area contributed by atoms with Crippen molar-refractivity contribution in [3.63, 3.8) is 0 Å². The van der Waals surface area contributed by atoms with E-state index >= 15 is 0 Å². The molecule has 1 aromatic heterocycles. The molecule has 0 saturated carbocycles. The maximum atomic E-state index is 12.4. The number of aryl methyl sites for hydroxylation is 2. The van der Waals surface area contributed by atoms with Gasteiger partial charge in [0.1, 0.15) is 5.75 Å². The molecule has 0 atom stereocenters. The number of phenolic OH excluding ortho intramolecular Hbond substituents is 1. The lowest BCUT2D eigenvalue weighted by molar-refractivity contribution is 0.103. The van der Waals surface area contributed by atoms with E-state index in [1.807, 2.05) is 44.2 Å². The molecule has 0 bridgehead atoms. The molecule has 0 fully saturated rings. The van der Waals surface area contributed by atoms with Crippen LogP contribution in [0.25, 0.3) is 10.1 Å². The highest BCUT2D eigenvalue weighted by atomic mass is 32.1. The smallest absolute Gasteiger partial charge is 0.265 e. The van der Waals surface area contributed by atoms with E-state index in [9.17, 15) is 9.90 Å². The molecule has 0 saturated heterocycles. The molecule has 2 N–H and O–H groups in total. The summed E-state index contributed by atoms with van der Waals surface area (Å²) in [6.45, 7) is 3.67. The van der Waals surface area contributed by atoms with E-state index in [0.717, 1.165) is 26.9 Å². The van der Waals surface area contributed by atoms with Crippen LogP contribution in [-0.4, -0.2) is 11.0 Å². The average Bonchev–Trinajstić information content (AvgIpc) is 2.88. The third-order valence-corrected chi connectivity index (χ3v) is 4.56.